The Balaban J connectivity index is 2.34. The molecule has 0 bridgehead atoms. The van der Waals surface area contributed by atoms with Crippen LogP contribution in [0, 0.1) is 18.8 Å². The molecular weight excluding hydrogens is 318 g/mol. The second kappa shape index (κ2) is 9.20. The highest BCUT2D eigenvalue weighted by molar-refractivity contribution is 5.96. The number of nitrogens with zero attached hydrogens (tertiary/aromatic N) is 1. The lowest BCUT2D eigenvalue weighted by atomic mass is 9.82. The van der Waals surface area contributed by atoms with Crippen LogP contribution in [-0.4, -0.2) is 44.5 Å². The third-order valence-corrected chi connectivity index (χ3v) is 5.13. The van der Waals surface area contributed by atoms with E-state index in [2.05, 4.69) is 6.92 Å². The monoisotopic (exact) mass is 349 g/mol. The van der Waals surface area contributed by atoms with Gasteiger partial charge in [-0.25, -0.2) is 0 Å². The van der Waals surface area contributed by atoms with E-state index in [0.717, 1.165) is 36.9 Å². The summed E-state index contributed by atoms with van der Waals surface area (Å²) < 4.78 is 10.7. The van der Waals surface area contributed by atoms with E-state index in [1.165, 1.54) is 0 Å². The number of hydrogen-bond donors (Lipinski definition) is 1. The first kappa shape index (κ1) is 19.7. The fourth-order valence-electron chi connectivity index (χ4n) is 3.69. The van der Waals surface area contributed by atoms with Crippen molar-refractivity contribution in [2.75, 3.05) is 32.3 Å². The van der Waals surface area contributed by atoms with Crippen LogP contribution in [-0.2, 0) is 14.3 Å². The van der Waals surface area contributed by atoms with Gasteiger partial charge in [-0.3, -0.25) is 4.79 Å². The Morgan fingerprint density at radius 2 is 1.80 bits per heavy atom. The standard InChI is InChI=1S/C20H31NO4/c1-14-5-7-16(8-6-14)20(23)21(17(12-24-3)13-25-4)19-10-9-18(22)11-15(19)2/h9-11,14,16-17,22H,5-8,12-13H2,1-4H3. The van der Waals surface area contributed by atoms with Gasteiger partial charge in [-0.1, -0.05) is 6.92 Å². The van der Waals surface area contributed by atoms with E-state index >= 15 is 0 Å². The molecular formula is C20H31NO4. The average Bonchev–Trinajstić information content (AvgIpc) is 2.58. The quantitative estimate of drug-likeness (QED) is 0.818. The molecule has 0 aliphatic heterocycles. The van der Waals surface area contributed by atoms with Gasteiger partial charge in [0, 0.05) is 25.8 Å². The number of aromatic hydroxyl groups is 1. The number of methoxy groups -OCH3 is 2. The molecule has 0 heterocycles. The van der Waals surface area contributed by atoms with Crippen LogP contribution in [0.25, 0.3) is 0 Å². The Morgan fingerprint density at radius 1 is 1.20 bits per heavy atom. The van der Waals surface area contributed by atoms with Crippen molar-refractivity contribution < 1.29 is 19.4 Å². The first-order chi connectivity index (χ1) is 12.0. The molecule has 140 valence electrons. The predicted octanol–water partition coefficient (Wildman–Crippen LogP) is 3.52. The summed E-state index contributed by atoms with van der Waals surface area (Å²) in [6.07, 6.45) is 4.05. The first-order valence-electron chi connectivity index (χ1n) is 9.08. The summed E-state index contributed by atoms with van der Waals surface area (Å²) in [5.74, 6) is 1.08. The molecule has 1 amide bonds. The zero-order valence-electron chi connectivity index (χ0n) is 15.8. The van der Waals surface area contributed by atoms with Crippen LogP contribution >= 0.6 is 0 Å². The van der Waals surface area contributed by atoms with Crippen LogP contribution in [0.3, 0.4) is 0 Å². The number of carbonyl (C=O) groups excluding carboxylic acids is 1. The second-order valence-electron chi connectivity index (χ2n) is 7.20. The molecule has 0 radical (unpaired) electrons. The number of phenols is 1. The van der Waals surface area contributed by atoms with E-state index in [9.17, 15) is 9.90 Å². The van der Waals surface area contributed by atoms with Crippen molar-refractivity contribution in [3.8, 4) is 5.75 Å². The number of amides is 1. The maximum Gasteiger partial charge on any atom is 0.230 e. The minimum absolute atomic E-state index is 0.0422. The number of phenolic OH excluding ortho intramolecular Hbond substituents is 1. The van der Waals surface area contributed by atoms with Crippen LogP contribution in [0.4, 0.5) is 5.69 Å². The first-order valence-corrected chi connectivity index (χ1v) is 9.08. The summed E-state index contributed by atoms with van der Waals surface area (Å²) in [6.45, 7) is 4.97. The van der Waals surface area contributed by atoms with Crippen molar-refractivity contribution in [2.45, 2.75) is 45.6 Å². The van der Waals surface area contributed by atoms with E-state index < -0.39 is 0 Å². The van der Waals surface area contributed by atoms with Gasteiger partial charge in [0.25, 0.3) is 0 Å². The Kier molecular flexibility index (Phi) is 7.26. The summed E-state index contributed by atoms with van der Waals surface area (Å²) in [5, 5.41) is 9.73. The molecule has 0 spiro atoms. The summed E-state index contributed by atoms with van der Waals surface area (Å²) >= 11 is 0. The van der Waals surface area contributed by atoms with Gasteiger partial charge in [0.2, 0.25) is 5.91 Å². The molecule has 0 atom stereocenters. The lowest BCUT2D eigenvalue weighted by Crippen LogP contribution is -2.49. The van der Waals surface area contributed by atoms with Crippen molar-refractivity contribution in [3.05, 3.63) is 23.8 Å². The molecule has 1 aliphatic rings. The van der Waals surface area contributed by atoms with Gasteiger partial charge in [0.1, 0.15) is 5.75 Å². The third-order valence-electron chi connectivity index (χ3n) is 5.13. The van der Waals surface area contributed by atoms with Gasteiger partial charge < -0.3 is 19.5 Å². The smallest absolute Gasteiger partial charge is 0.230 e. The number of benzene rings is 1. The van der Waals surface area contributed by atoms with Gasteiger partial charge in [-0.2, -0.15) is 0 Å². The number of hydrogen-bond acceptors (Lipinski definition) is 4. The van der Waals surface area contributed by atoms with Crippen LogP contribution in [0.5, 0.6) is 5.75 Å². The Morgan fingerprint density at radius 3 is 2.32 bits per heavy atom. The van der Waals surface area contributed by atoms with Crippen LogP contribution in [0.1, 0.15) is 38.2 Å². The maximum absolute atomic E-state index is 13.4. The zero-order chi connectivity index (χ0) is 18.4. The van der Waals surface area contributed by atoms with Crippen molar-refractivity contribution >= 4 is 11.6 Å². The predicted molar refractivity (Wildman–Crippen MR) is 99.0 cm³/mol. The van der Waals surface area contributed by atoms with E-state index in [-0.39, 0.29) is 23.6 Å². The highest BCUT2D eigenvalue weighted by Crippen LogP contribution is 2.33. The summed E-state index contributed by atoms with van der Waals surface area (Å²) in [7, 11) is 3.27. The summed E-state index contributed by atoms with van der Waals surface area (Å²) in [5.41, 5.74) is 1.69. The van der Waals surface area contributed by atoms with Gasteiger partial charge in [0.05, 0.1) is 19.3 Å². The number of rotatable bonds is 7. The van der Waals surface area contributed by atoms with Crippen LogP contribution in [0.15, 0.2) is 18.2 Å². The van der Waals surface area contributed by atoms with E-state index in [0.29, 0.717) is 19.1 Å². The molecule has 5 nitrogen and oxygen atoms in total. The molecule has 1 aromatic carbocycles. The largest absolute Gasteiger partial charge is 0.508 e. The van der Waals surface area contributed by atoms with E-state index in [1.807, 2.05) is 17.9 Å². The number of aryl methyl sites for hydroxylation is 1. The molecule has 5 heteroatoms. The number of ether oxygens (including phenoxy) is 2. The highest BCUT2D eigenvalue weighted by Gasteiger charge is 2.33. The molecule has 1 aliphatic carbocycles. The highest BCUT2D eigenvalue weighted by atomic mass is 16.5. The molecule has 1 fully saturated rings. The molecule has 0 unspecified atom stereocenters. The van der Waals surface area contributed by atoms with Crippen LogP contribution in [0.2, 0.25) is 0 Å². The second-order valence-corrected chi connectivity index (χ2v) is 7.20. The Bertz CT molecular complexity index is 561. The van der Waals surface area contributed by atoms with Crippen molar-refractivity contribution in [2.24, 2.45) is 11.8 Å². The lowest BCUT2D eigenvalue weighted by Gasteiger charge is -2.36. The van der Waals surface area contributed by atoms with Gasteiger partial charge in [-0.05, 0) is 62.3 Å². The molecule has 0 saturated heterocycles. The Labute approximate surface area is 150 Å². The topological polar surface area (TPSA) is 59.0 Å². The normalized spacial score (nSPS) is 20.7. The minimum Gasteiger partial charge on any atom is -0.508 e. The molecule has 0 aromatic heterocycles. The van der Waals surface area contributed by atoms with Gasteiger partial charge in [-0.15, -0.1) is 0 Å². The zero-order valence-corrected chi connectivity index (χ0v) is 15.8. The SMILES string of the molecule is COCC(COC)N(C(=O)C1CCC(C)CC1)c1ccc(O)cc1C. The fraction of sp³-hybridized carbons (Fsp3) is 0.650. The minimum atomic E-state index is -0.190. The Hall–Kier alpha value is -1.59. The lowest BCUT2D eigenvalue weighted by molar-refractivity contribution is -0.124. The van der Waals surface area contributed by atoms with E-state index in [4.69, 9.17) is 9.47 Å². The van der Waals surface area contributed by atoms with Crippen molar-refractivity contribution in [1.29, 1.82) is 0 Å². The van der Waals surface area contributed by atoms with E-state index in [1.54, 1.807) is 26.4 Å². The average molecular weight is 349 g/mol. The fourth-order valence-corrected chi connectivity index (χ4v) is 3.69. The van der Waals surface area contributed by atoms with Crippen molar-refractivity contribution in [1.82, 2.24) is 0 Å². The van der Waals surface area contributed by atoms with Gasteiger partial charge >= 0.3 is 0 Å². The molecule has 1 N–H and O–H groups in total. The molecule has 1 aromatic rings. The summed E-state index contributed by atoms with van der Waals surface area (Å²) in [6, 6.07) is 4.94. The van der Waals surface area contributed by atoms with Crippen LogP contribution < -0.4 is 4.90 Å². The molecule has 1 saturated carbocycles. The molecule has 2 rings (SSSR count). The molecule has 25 heavy (non-hydrogen) atoms. The number of carbonyl (C=O) groups is 1. The van der Waals surface area contributed by atoms with Gasteiger partial charge in [0.15, 0.2) is 0 Å². The van der Waals surface area contributed by atoms with Crippen molar-refractivity contribution in [3.63, 3.8) is 0 Å². The third kappa shape index (κ3) is 4.95. The maximum atomic E-state index is 13.4. The number of anilines is 1. The summed E-state index contributed by atoms with van der Waals surface area (Å²) in [4.78, 5) is 15.2.